The Labute approximate surface area is 95.3 Å². The van der Waals surface area contributed by atoms with Gasteiger partial charge in [0, 0.05) is 32.3 Å². The Morgan fingerprint density at radius 3 is 2.81 bits per heavy atom. The number of rotatable bonds is 5. The summed E-state index contributed by atoms with van der Waals surface area (Å²) >= 11 is 0. The minimum absolute atomic E-state index is 0.0407. The zero-order chi connectivity index (χ0) is 12.0. The van der Waals surface area contributed by atoms with Gasteiger partial charge < -0.3 is 9.88 Å². The van der Waals surface area contributed by atoms with Crippen molar-refractivity contribution in [3.63, 3.8) is 0 Å². The van der Waals surface area contributed by atoms with Gasteiger partial charge in [-0.25, -0.2) is 0 Å². The van der Waals surface area contributed by atoms with E-state index in [1.165, 1.54) is 10.6 Å². The van der Waals surface area contributed by atoms with Crippen molar-refractivity contribution in [2.75, 3.05) is 0 Å². The molecule has 4 nitrogen and oxygen atoms in total. The molecule has 88 valence electrons. The van der Waals surface area contributed by atoms with Crippen LogP contribution in [0.3, 0.4) is 0 Å². The lowest BCUT2D eigenvalue weighted by Gasteiger charge is -2.06. The summed E-state index contributed by atoms with van der Waals surface area (Å²) in [7, 11) is 1.70. The lowest BCUT2D eigenvalue weighted by atomic mass is 10.2. The number of amides is 1. The van der Waals surface area contributed by atoms with E-state index in [9.17, 15) is 9.59 Å². The molecule has 0 fully saturated rings. The third-order valence-electron chi connectivity index (χ3n) is 2.39. The summed E-state index contributed by atoms with van der Waals surface area (Å²) in [5.74, 6) is 0.0655. The molecule has 0 bridgehead atoms. The van der Waals surface area contributed by atoms with Crippen LogP contribution in [0.5, 0.6) is 0 Å². The van der Waals surface area contributed by atoms with Crippen molar-refractivity contribution < 1.29 is 4.79 Å². The van der Waals surface area contributed by atoms with Crippen molar-refractivity contribution in [3.8, 4) is 0 Å². The van der Waals surface area contributed by atoms with Crippen molar-refractivity contribution in [3.05, 3.63) is 34.2 Å². The predicted molar refractivity (Wildman–Crippen MR) is 63.1 cm³/mol. The van der Waals surface area contributed by atoms with Gasteiger partial charge in [0.1, 0.15) is 0 Å². The van der Waals surface area contributed by atoms with Crippen molar-refractivity contribution >= 4 is 5.91 Å². The Kier molecular flexibility index (Phi) is 4.76. The number of aryl methyl sites for hydroxylation is 1. The lowest BCUT2D eigenvalue weighted by molar-refractivity contribution is -0.121. The Hall–Kier alpha value is -1.58. The van der Waals surface area contributed by atoms with Gasteiger partial charge in [-0.3, -0.25) is 9.59 Å². The highest BCUT2D eigenvalue weighted by atomic mass is 16.1. The molecule has 0 spiro atoms. The van der Waals surface area contributed by atoms with Crippen molar-refractivity contribution in [2.24, 2.45) is 7.05 Å². The summed E-state index contributed by atoms with van der Waals surface area (Å²) in [5, 5.41) is 2.83. The minimum atomic E-state index is -0.0407. The fraction of sp³-hybridized carbons (Fsp3) is 0.500. The molecule has 1 aromatic rings. The number of unbranched alkanes of at least 4 members (excludes halogenated alkanes) is 1. The molecule has 1 aromatic heterocycles. The van der Waals surface area contributed by atoms with Gasteiger partial charge in [0.15, 0.2) is 0 Å². The van der Waals surface area contributed by atoms with Crippen LogP contribution in [0.4, 0.5) is 0 Å². The largest absolute Gasteiger partial charge is 0.352 e. The summed E-state index contributed by atoms with van der Waals surface area (Å²) in [6, 6.07) is 3.25. The molecule has 0 aromatic carbocycles. The smallest absolute Gasteiger partial charge is 0.250 e. The molecule has 16 heavy (non-hydrogen) atoms. The third kappa shape index (κ3) is 3.88. The topological polar surface area (TPSA) is 51.1 Å². The first-order valence-corrected chi connectivity index (χ1v) is 5.55. The van der Waals surface area contributed by atoms with Gasteiger partial charge in [-0.05, 0) is 12.0 Å². The van der Waals surface area contributed by atoms with Gasteiger partial charge >= 0.3 is 0 Å². The molecule has 0 unspecified atom stereocenters. The average Bonchev–Trinajstić information content (AvgIpc) is 2.28. The van der Waals surface area contributed by atoms with E-state index in [0.717, 1.165) is 18.4 Å². The van der Waals surface area contributed by atoms with E-state index >= 15 is 0 Å². The zero-order valence-corrected chi connectivity index (χ0v) is 9.82. The minimum Gasteiger partial charge on any atom is -0.352 e. The van der Waals surface area contributed by atoms with Crippen LogP contribution in [-0.4, -0.2) is 10.5 Å². The lowest BCUT2D eigenvalue weighted by Crippen LogP contribution is -2.23. The van der Waals surface area contributed by atoms with Crippen LogP contribution >= 0.6 is 0 Å². The Bertz CT molecular complexity index is 410. The van der Waals surface area contributed by atoms with Gasteiger partial charge in [0.2, 0.25) is 11.5 Å². The van der Waals surface area contributed by atoms with Gasteiger partial charge in [0.05, 0.1) is 0 Å². The third-order valence-corrected chi connectivity index (χ3v) is 2.39. The number of carbonyl (C=O) groups is 1. The Morgan fingerprint density at radius 2 is 2.19 bits per heavy atom. The standard InChI is InChI=1S/C12H18N2O2/c1-3-4-5-11(15)13-8-10-6-7-12(16)14(2)9-10/h6-7,9H,3-5,8H2,1-2H3,(H,13,15). The fourth-order valence-corrected chi connectivity index (χ4v) is 1.38. The molecular formula is C12H18N2O2. The van der Waals surface area contributed by atoms with E-state index in [0.29, 0.717) is 13.0 Å². The highest BCUT2D eigenvalue weighted by molar-refractivity contribution is 5.75. The first-order valence-electron chi connectivity index (χ1n) is 5.55. The van der Waals surface area contributed by atoms with Gasteiger partial charge in [-0.1, -0.05) is 19.4 Å². The maximum atomic E-state index is 11.3. The van der Waals surface area contributed by atoms with E-state index in [4.69, 9.17) is 0 Å². The first-order chi connectivity index (χ1) is 7.63. The fourth-order valence-electron chi connectivity index (χ4n) is 1.38. The number of pyridine rings is 1. The molecule has 1 N–H and O–H groups in total. The second-order valence-electron chi connectivity index (χ2n) is 3.87. The highest BCUT2D eigenvalue weighted by Crippen LogP contribution is 1.97. The summed E-state index contributed by atoms with van der Waals surface area (Å²) in [4.78, 5) is 22.5. The summed E-state index contributed by atoms with van der Waals surface area (Å²) in [6.07, 6.45) is 4.25. The number of aromatic nitrogens is 1. The second kappa shape index (κ2) is 6.10. The van der Waals surface area contributed by atoms with Crippen LogP contribution in [0.15, 0.2) is 23.1 Å². The van der Waals surface area contributed by atoms with Crippen LogP contribution in [0, 0.1) is 0 Å². The van der Waals surface area contributed by atoms with Crippen LogP contribution in [0.25, 0.3) is 0 Å². The average molecular weight is 222 g/mol. The van der Waals surface area contributed by atoms with E-state index in [1.807, 2.05) is 0 Å². The van der Waals surface area contributed by atoms with Crippen LogP contribution in [-0.2, 0) is 18.4 Å². The monoisotopic (exact) mass is 222 g/mol. The van der Waals surface area contributed by atoms with Crippen LogP contribution in [0.2, 0.25) is 0 Å². The highest BCUT2D eigenvalue weighted by Gasteiger charge is 2.00. The molecular weight excluding hydrogens is 204 g/mol. The summed E-state index contributed by atoms with van der Waals surface area (Å²) in [6.45, 7) is 2.54. The molecule has 0 aliphatic heterocycles. The molecule has 0 saturated carbocycles. The van der Waals surface area contributed by atoms with E-state index in [2.05, 4.69) is 12.2 Å². The number of carbonyl (C=O) groups excluding carboxylic acids is 1. The van der Waals surface area contributed by atoms with E-state index in [1.54, 1.807) is 19.3 Å². The Balaban J connectivity index is 2.45. The maximum absolute atomic E-state index is 11.3. The van der Waals surface area contributed by atoms with E-state index in [-0.39, 0.29) is 11.5 Å². The first kappa shape index (κ1) is 12.5. The predicted octanol–water partition coefficient (Wildman–Crippen LogP) is 1.19. The SMILES string of the molecule is CCCCC(=O)NCc1ccc(=O)n(C)c1. The number of nitrogens with zero attached hydrogens (tertiary/aromatic N) is 1. The van der Waals surface area contributed by atoms with Gasteiger partial charge in [-0.15, -0.1) is 0 Å². The van der Waals surface area contributed by atoms with E-state index < -0.39 is 0 Å². The molecule has 0 saturated heterocycles. The van der Waals surface area contributed by atoms with Crippen LogP contribution < -0.4 is 10.9 Å². The molecule has 0 radical (unpaired) electrons. The van der Waals surface area contributed by atoms with Crippen molar-refractivity contribution in [1.82, 2.24) is 9.88 Å². The molecule has 0 atom stereocenters. The van der Waals surface area contributed by atoms with Gasteiger partial charge in [0.25, 0.3) is 0 Å². The Morgan fingerprint density at radius 1 is 1.44 bits per heavy atom. The quantitative estimate of drug-likeness (QED) is 0.813. The molecule has 0 aliphatic carbocycles. The number of hydrogen-bond acceptors (Lipinski definition) is 2. The second-order valence-corrected chi connectivity index (χ2v) is 3.87. The van der Waals surface area contributed by atoms with Crippen molar-refractivity contribution in [2.45, 2.75) is 32.7 Å². The molecule has 1 rings (SSSR count). The summed E-state index contributed by atoms with van der Waals surface area (Å²) < 4.78 is 1.51. The molecule has 0 aliphatic rings. The van der Waals surface area contributed by atoms with Crippen LogP contribution in [0.1, 0.15) is 31.7 Å². The van der Waals surface area contributed by atoms with Gasteiger partial charge in [-0.2, -0.15) is 0 Å². The maximum Gasteiger partial charge on any atom is 0.250 e. The molecule has 1 heterocycles. The summed E-state index contributed by atoms with van der Waals surface area (Å²) in [5.41, 5.74) is 0.896. The zero-order valence-electron chi connectivity index (χ0n) is 9.82. The number of hydrogen-bond donors (Lipinski definition) is 1. The number of nitrogens with one attached hydrogen (secondary N) is 1. The molecule has 4 heteroatoms. The molecule has 1 amide bonds. The normalized spacial score (nSPS) is 10.1. The van der Waals surface area contributed by atoms with Crippen molar-refractivity contribution in [1.29, 1.82) is 0 Å².